The molecule has 0 aliphatic rings. The van der Waals surface area contributed by atoms with Crippen LogP contribution < -0.4 is 5.32 Å². The summed E-state index contributed by atoms with van der Waals surface area (Å²) in [6.45, 7) is 5.17. The normalized spacial score (nSPS) is 12.4. The van der Waals surface area contributed by atoms with Crippen LogP contribution >= 0.6 is 11.3 Å². The molecule has 0 aliphatic carbocycles. The summed E-state index contributed by atoms with van der Waals surface area (Å²) < 4.78 is 0. The second kappa shape index (κ2) is 5.79. The number of hydrogen-bond donors (Lipinski definition) is 1. The third kappa shape index (κ3) is 3.13. The van der Waals surface area contributed by atoms with E-state index in [0.717, 1.165) is 24.4 Å². The standard InChI is InChI=1S/C11H16N2S/c1-4-6-10(12-7-5-2)11-8-13-9(3)14-11/h1,8,10,12H,5-7H2,2-3H3. The van der Waals surface area contributed by atoms with Gasteiger partial charge in [-0.3, -0.25) is 0 Å². The van der Waals surface area contributed by atoms with Crippen molar-refractivity contribution < 1.29 is 0 Å². The van der Waals surface area contributed by atoms with Gasteiger partial charge < -0.3 is 5.32 Å². The van der Waals surface area contributed by atoms with Gasteiger partial charge in [0.25, 0.3) is 0 Å². The van der Waals surface area contributed by atoms with Gasteiger partial charge in [-0.25, -0.2) is 4.98 Å². The minimum Gasteiger partial charge on any atom is -0.308 e. The maximum absolute atomic E-state index is 5.34. The van der Waals surface area contributed by atoms with E-state index in [1.54, 1.807) is 11.3 Å². The van der Waals surface area contributed by atoms with Crippen molar-refractivity contribution in [3.05, 3.63) is 16.1 Å². The lowest BCUT2D eigenvalue weighted by Gasteiger charge is -2.13. The predicted molar refractivity (Wildman–Crippen MR) is 61.3 cm³/mol. The maximum Gasteiger partial charge on any atom is 0.0897 e. The highest BCUT2D eigenvalue weighted by Gasteiger charge is 2.11. The molecule has 14 heavy (non-hydrogen) atoms. The van der Waals surface area contributed by atoms with Crippen molar-refractivity contribution in [3.8, 4) is 12.3 Å². The summed E-state index contributed by atoms with van der Waals surface area (Å²) in [4.78, 5) is 5.48. The van der Waals surface area contributed by atoms with E-state index < -0.39 is 0 Å². The van der Waals surface area contributed by atoms with Crippen LogP contribution in [0.3, 0.4) is 0 Å². The summed E-state index contributed by atoms with van der Waals surface area (Å²) in [5.74, 6) is 2.70. The van der Waals surface area contributed by atoms with Gasteiger partial charge in [-0.2, -0.15) is 0 Å². The maximum atomic E-state index is 5.34. The first-order chi connectivity index (χ1) is 6.77. The molecule has 0 aromatic carbocycles. The van der Waals surface area contributed by atoms with E-state index in [0.29, 0.717) is 0 Å². The zero-order valence-corrected chi connectivity index (χ0v) is 9.53. The highest BCUT2D eigenvalue weighted by Crippen LogP contribution is 2.22. The Morgan fingerprint density at radius 1 is 1.71 bits per heavy atom. The van der Waals surface area contributed by atoms with E-state index in [1.165, 1.54) is 4.88 Å². The van der Waals surface area contributed by atoms with Gasteiger partial charge in [0.2, 0.25) is 0 Å². The fourth-order valence-corrected chi connectivity index (χ4v) is 2.11. The van der Waals surface area contributed by atoms with E-state index in [4.69, 9.17) is 6.42 Å². The Kier molecular flexibility index (Phi) is 4.64. The summed E-state index contributed by atoms with van der Waals surface area (Å²) in [6, 6.07) is 0.283. The fourth-order valence-electron chi connectivity index (χ4n) is 1.25. The summed E-state index contributed by atoms with van der Waals surface area (Å²) in [7, 11) is 0. The molecule has 1 aromatic heterocycles. The Labute approximate surface area is 89.8 Å². The van der Waals surface area contributed by atoms with Gasteiger partial charge in [0.15, 0.2) is 0 Å². The predicted octanol–water partition coefficient (Wildman–Crippen LogP) is 2.52. The Balaban J connectivity index is 2.63. The fraction of sp³-hybridized carbons (Fsp3) is 0.545. The molecule has 3 heteroatoms. The summed E-state index contributed by atoms with van der Waals surface area (Å²) in [5, 5.41) is 4.53. The molecule has 1 N–H and O–H groups in total. The molecule has 0 spiro atoms. The third-order valence-corrected chi connectivity index (χ3v) is 2.97. The second-order valence-electron chi connectivity index (χ2n) is 3.20. The van der Waals surface area contributed by atoms with Crippen LogP contribution in [0.25, 0.3) is 0 Å². The van der Waals surface area contributed by atoms with Crippen molar-refractivity contribution in [1.82, 2.24) is 10.3 Å². The largest absolute Gasteiger partial charge is 0.308 e. The van der Waals surface area contributed by atoms with Crippen LogP contribution in [0.5, 0.6) is 0 Å². The van der Waals surface area contributed by atoms with Gasteiger partial charge in [-0.15, -0.1) is 23.7 Å². The first-order valence-corrected chi connectivity index (χ1v) is 5.68. The van der Waals surface area contributed by atoms with Crippen molar-refractivity contribution in [3.63, 3.8) is 0 Å². The van der Waals surface area contributed by atoms with Gasteiger partial charge in [-0.1, -0.05) is 6.92 Å². The molecule has 0 bridgehead atoms. The monoisotopic (exact) mass is 208 g/mol. The van der Waals surface area contributed by atoms with E-state index in [-0.39, 0.29) is 6.04 Å². The molecular formula is C11H16N2S. The number of hydrogen-bond acceptors (Lipinski definition) is 3. The molecule has 0 fully saturated rings. The number of aryl methyl sites for hydroxylation is 1. The number of aromatic nitrogens is 1. The Hall–Kier alpha value is -0.850. The van der Waals surface area contributed by atoms with Gasteiger partial charge in [0, 0.05) is 17.5 Å². The van der Waals surface area contributed by atoms with Crippen molar-refractivity contribution in [2.24, 2.45) is 0 Å². The first kappa shape index (κ1) is 11.2. The van der Waals surface area contributed by atoms with Gasteiger partial charge in [0.05, 0.1) is 11.0 Å². The molecule has 0 saturated carbocycles. The number of thiazole rings is 1. The van der Waals surface area contributed by atoms with E-state index in [2.05, 4.69) is 23.1 Å². The molecule has 76 valence electrons. The van der Waals surface area contributed by atoms with Crippen molar-refractivity contribution in [2.75, 3.05) is 6.54 Å². The van der Waals surface area contributed by atoms with Crippen LogP contribution in [0.15, 0.2) is 6.20 Å². The number of nitrogens with one attached hydrogen (secondary N) is 1. The quantitative estimate of drug-likeness (QED) is 0.752. The van der Waals surface area contributed by atoms with Crippen LogP contribution in [0.1, 0.15) is 35.7 Å². The topological polar surface area (TPSA) is 24.9 Å². The van der Waals surface area contributed by atoms with Crippen LogP contribution in [0, 0.1) is 19.3 Å². The van der Waals surface area contributed by atoms with Crippen molar-refractivity contribution in [1.29, 1.82) is 0 Å². The molecule has 0 radical (unpaired) electrons. The molecule has 0 amide bonds. The van der Waals surface area contributed by atoms with Gasteiger partial charge in [-0.05, 0) is 19.9 Å². The molecule has 1 heterocycles. The second-order valence-corrected chi connectivity index (χ2v) is 4.46. The first-order valence-electron chi connectivity index (χ1n) is 4.87. The average Bonchev–Trinajstić information content (AvgIpc) is 2.59. The SMILES string of the molecule is C#CCC(NCCC)c1cnc(C)s1. The van der Waals surface area contributed by atoms with Crippen molar-refractivity contribution in [2.45, 2.75) is 32.7 Å². The lowest BCUT2D eigenvalue weighted by Crippen LogP contribution is -2.20. The molecule has 0 saturated heterocycles. The third-order valence-electron chi connectivity index (χ3n) is 1.95. The Morgan fingerprint density at radius 3 is 3.00 bits per heavy atom. The molecule has 1 unspecified atom stereocenters. The molecule has 1 rings (SSSR count). The molecule has 2 nitrogen and oxygen atoms in total. The number of rotatable bonds is 5. The Bertz CT molecular complexity index is 311. The average molecular weight is 208 g/mol. The molecule has 0 aliphatic heterocycles. The van der Waals surface area contributed by atoms with Gasteiger partial charge >= 0.3 is 0 Å². The lowest BCUT2D eigenvalue weighted by molar-refractivity contribution is 0.549. The zero-order chi connectivity index (χ0) is 10.4. The van der Waals surface area contributed by atoms with Crippen LogP contribution in [0.4, 0.5) is 0 Å². The van der Waals surface area contributed by atoms with E-state index >= 15 is 0 Å². The number of nitrogens with zero attached hydrogens (tertiary/aromatic N) is 1. The molecule has 1 aromatic rings. The lowest BCUT2D eigenvalue weighted by atomic mass is 10.2. The Morgan fingerprint density at radius 2 is 2.50 bits per heavy atom. The summed E-state index contributed by atoms with van der Waals surface area (Å²) in [5.41, 5.74) is 0. The smallest absolute Gasteiger partial charge is 0.0897 e. The van der Waals surface area contributed by atoms with Crippen LogP contribution in [-0.2, 0) is 0 Å². The van der Waals surface area contributed by atoms with E-state index in [1.807, 2.05) is 13.1 Å². The van der Waals surface area contributed by atoms with E-state index in [9.17, 15) is 0 Å². The molecule has 1 atom stereocenters. The van der Waals surface area contributed by atoms with Gasteiger partial charge in [0.1, 0.15) is 0 Å². The van der Waals surface area contributed by atoms with Crippen LogP contribution in [-0.4, -0.2) is 11.5 Å². The summed E-state index contributed by atoms with van der Waals surface area (Å²) >= 11 is 1.72. The highest BCUT2D eigenvalue weighted by atomic mass is 32.1. The zero-order valence-electron chi connectivity index (χ0n) is 8.71. The molecular weight excluding hydrogens is 192 g/mol. The number of terminal acetylenes is 1. The summed E-state index contributed by atoms with van der Waals surface area (Å²) in [6.07, 6.45) is 9.12. The van der Waals surface area contributed by atoms with Crippen LogP contribution in [0.2, 0.25) is 0 Å². The van der Waals surface area contributed by atoms with Crippen molar-refractivity contribution >= 4 is 11.3 Å². The minimum absolute atomic E-state index is 0.283. The highest BCUT2D eigenvalue weighted by molar-refractivity contribution is 7.11. The minimum atomic E-state index is 0.283.